The Bertz CT molecular complexity index is 428. The van der Waals surface area contributed by atoms with Gasteiger partial charge in [-0.1, -0.05) is 35.8 Å². The SMILES string of the molecule is CCCNCc1ccc(N2CCN(CCC)CC2)cc1Br. The summed E-state index contributed by atoms with van der Waals surface area (Å²) in [5.74, 6) is 0. The molecule has 1 saturated heterocycles. The van der Waals surface area contributed by atoms with E-state index in [1.165, 1.54) is 48.2 Å². The van der Waals surface area contributed by atoms with E-state index < -0.39 is 0 Å². The third-order valence-corrected chi connectivity index (χ3v) is 4.79. The van der Waals surface area contributed by atoms with Gasteiger partial charge in [0.25, 0.3) is 0 Å². The molecule has 1 fully saturated rings. The smallest absolute Gasteiger partial charge is 0.0378 e. The quantitative estimate of drug-likeness (QED) is 0.757. The Morgan fingerprint density at radius 2 is 1.86 bits per heavy atom. The summed E-state index contributed by atoms with van der Waals surface area (Å²) < 4.78 is 1.22. The number of hydrogen-bond acceptors (Lipinski definition) is 3. The number of rotatable bonds is 7. The molecule has 0 saturated carbocycles. The van der Waals surface area contributed by atoms with Crippen LogP contribution in [0.4, 0.5) is 5.69 Å². The Morgan fingerprint density at radius 3 is 2.48 bits per heavy atom. The molecule has 3 nitrogen and oxygen atoms in total. The van der Waals surface area contributed by atoms with E-state index in [1.54, 1.807) is 0 Å². The highest BCUT2D eigenvalue weighted by Gasteiger charge is 2.16. The van der Waals surface area contributed by atoms with Crippen LogP contribution in [0.3, 0.4) is 0 Å². The molecule has 1 N–H and O–H groups in total. The second-order valence-corrected chi connectivity index (χ2v) is 6.64. The van der Waals surface area contributed by atoms with Crippen LogP contribution in [0.25, 0.3) is 0 Å². The normalized spacial score (nSPS) is 16.4. The minimum Gasteiger partial charge on any atom is -0.369 e. The first-order valence-corrected chi connectivity index (χ1v) is 9.00. The molecule has 4 heteroatoms. The van der Waals surface area contributed by atoms with E-state index in [0.29, 0.717) is 0 Å². The van der Waals surface area contributed by atoms with Gasteiger partial charge >= 0.3 is 0 Å². The minimum atomic E-state index is 0.943. The van der Waals surface area contributed by atoms with Crippen molar-refractivity contribution in [2.24, 2.45) is 0 Å². The number of hydrogen-bond donors (Lipinski definition) is 1. The van der Waals surface area contributed by atoms with E-state index in [9.17, 15) is 0 Å². The lowest BCUT2D eigenvalue weighted by molar-refractivity contribution is 0.258. The zero-order valence-electron chi connectivity index (χ0n) is 13.4. The van der Waals surface area contributed by atoms with E-state index in [-0.39, 0.29) is 0 Å². The molecule has 1 aromatic carbocycles. The number of halogens is 1. The van der Waals surface area contributed by atoms with Crippen LogP contribution in [0.2, 0.25) is 0 Å². The molecular weight excluding hydrogens is 326 g/mol. The Balaban J connectivity index is 1.91. The number of nitrogens with zero attached hydrogens (tertiary/aromatic N) is 2. The topological polar surface area (TPSA) is 18.5 Å². The lowest BCUT2D eigenvalue weighted by Gasteiger charge is -2.36. The van der Waals surface area contributed by atoms with Crippen molar-refractivity contribution in [3.05, 3.63) is 28.2 Å². The maximum atomic E-state index is 3.73. The zero-order chi connectivity index (χ0) is 15.1. The fourth-order valence-electron chi connectivity index (χ4n) is 2.82. The van der Waals surface area contributed by atoms with Crippen molar-refractivity contribution in [3.63, 3.8) is 0 Å². The van der Waals surface area contributed by atoms with Gasteiger partial charge in [0.15, 0.2) is 0 Å². The third-order valence-electron chi connectivity index (χ3n) is 4.06. The van der Waals surface area contributed by atoms with E-state index in [2.05, 4.69) is 63.1 Å². The molecule has 1 aliphatic heterocycles. The molecule has 0 amide bonds. The Labute approximate surface area is 137 Å². The van der Waals surface area contributed by atoms with Gasteiger partial charge in [-0.2, -0.15) is 0 Å². The molecule has 0 bridgehead atoms. The van der Waals surface area contributed by atoms with Crippen molar-refractivity contribution in [2.75, 3.05) is 44.2 Å². The number of benzene rings is 1. The highest BCUT2D eigenvalue weighted by atomic mass is 79.9. The first kappa shape index (κ1) is 16.8. The minimum absolute atomic E-state index is 0.943. The van der Waals surface area contributed by atoms with Crippen LogP contribution in [-0.2, 0) is 6.54 Å². The molecule has 1 aliphatic rings. The highest BCUT2D eigenvalue weighted by molar-refractivity contribution is 9.10. The van der Waals surface area contributed by atoms with Crippen LogP contribution in [0.15, 0.2) is 22.7 Å². The van der Waals surface area contributed by atoms with Crippen molar-refractivity contribution in [1.82, 2.24) is 10.2 Å². The molecule has 2 rings (SSSR count). The second kappa shape index (κ2) is 8.76. The number of nitrogens with one attached hydrogen (secondary N) is 1. The summed E-state index contributed by atoms with van der Waals surface area (Å²) in [5.41, 5.74) is 2.69. The lowest BCUT2D eigenvalue weighted by atomic mass is 10.1. The standard InChI is InChI=1S/C17H28BrN3/c1-3-7-19-14-15-5-6-16(13-17(15)18)21-11-9-20(8-4-2)10-12-21/h5-6,13,19H,3-4,7-12,14H2,1-2H3. The van der Waals surface area contributed by atoms with Gasteiger partial charge in [-0.05, 0) is 43.6 Å². The Hall–Kier alpha value is -0.580. The van der Waals surface area contributed by atoms with Crippen LogP contribution in [-0.4, -0.2) is 44.2 Å². The lowest BCUT2D eigenvalue weighted by Crippen LogP contribution is -2.46. The summed E-state index contributed by atoms with van der Waals surface area (Å²) in [6, 6.07) is 6.79. The second-order valence-electron chi connectivity index (χ2n) is 5.78. The Morgan fingerprint density at radius 1 is 1.10 bits per heavy atom. The zero-order valence-corrected chi connectivity index (χ0v) is 15.0. The summed E-state index contributed by atoms with van der Waals surface area (Å²) in [5, 5.41) is 3.46. The van der Waals surface area contributed by atoms with Crippen molar-refractivity contribution in [3.8, 4) is 0 Å². The molecule has 0 spiro atoms. The largest absolute Gasteiger partial charge is 0.369 e. The summed E-state index contributed by atoms with van der Waals surface area (Å²) in [7, 11) is 0. The predicted octanol–water partition coefficient (Wildman–Crippen LogP) is 3.48. The van der Waals surface area contributed by atoms with Crippen LogP contribution in [0, 0.1) is 0 Å². The van der Waals surface area contributed by atoms with Crippen molar-refractivity contribution < 1.29 is 0 Å². The van der Waals surface area contributed by atoms with Crippen LogP contribution in [0.5, 0.6) is 0 Å². The van der Waals surface area contributed by atoms with Gasteiger partial charge in [-0.25, -0.2) is 0 Å². The number of piperazine rings is 1. The van der Waals surface area contributed by atoms with Crippen molar-refractivity contribution in [2.45, 2.75) is 33.2 Å². The average Bonchev–Trinajstić information content (AvgIpc) is 2.50. The molecule has 0 aliphatic carbocycles. The summed E-state index contributed by atoms with van der Waals surface area (Å²) in [6.07, 6.45) is 2.43. The van der Waals surface area contributed by atoms with Gasteiger partial charge < -0.3 is 10.2 Å². The molecule has 1 aromatic rings. The molecule has 0 unspecified atom stereocenters. The van der Waals surface area contributed by atoms with Crippen LogP contribution < -0.4 is 10.2 Å². The highest BCUT2D eigenvalue weighted by Crippen LogP contribution is 2.25. The number of anilines is 1. The van der Waals surface area contributed by atoms with Crippen molar-refractivity contribution >= 4 is 21.6 Å². The fraction of sp³-hybridized carbons (Fsp3) is 0.647. The van der Waals surface area contributed by atoms with E-state index in [4.69, 9.17) is 0 Å². The van der Waals surface area contributed by atoms with E-state index >= 15 is 0 Å². The van der Waals surface area contributed by atoms with Crippen molar-refractivity contribution in [1.29, 1.82) is 0 Å². The van der Waals surface area contributed by atoms with Crippen LogP contribution in [0.1, 0.15) is 32.3 Å². The van der Waals surface area contributed by atoms with Gasteiger partial charge in [0.1, 0.15) is 0 Å². The molecule has 0 radical (unpaired) electrons. The molecular formula is C17H28BrN3. The molecule has 0 aromatic heterocycles. The average molecular weight is 354 g/mol. The summed E-state index contributed by atoms with van der Waals surface area (Å²) in [6.45, 7) is 12.4. The van der Waals surface area contributed by atoms with Gasteiger partial charge in [-0.3, -0.25) is 4.90 Å². The summed E-state index contributed by atoms with van der Waals surface area (Å²) in [4.78, 5) is 5.06. The van der Waals surface area contributed by atoms with Gasteiger partial charge in [-0.15, -0.1) is 0 Å². The van der Waals surface area contributed by atoms with Gasteiger partial charge in [0.2, 0.25) is 0 Å². The van der Waals surface area contributed by atoms with Gasteiger partial charge in [0.05, 0.1) is 0 Å². The van der Waals surface area contributed by atoms with Crippen LogP contribution >= 0.6 is 15.9 Å². The molecule has 1 heterocycles. The molecule has 21 heavy (non-hydrogen) atoms. The van der Waals surface area contributed by atoms with E-state index in [1.807, 2.05) is 0 Å². The predicted molar refractivity (Wildman–Crippen MR) is 95.1 cm³/mol. The molecule has 118 valence electrons. The third kappa shape index (κ3) is 4.97. The van der Waals surface area contributed by atoms with E-state index in [0.717, 1.165) is 26.2 Å². The fourth-order valence-corrected chi connectivity index (χ4v) is 3.33. The van der Waals surface area contributed by atoms with Gasteiger partial charge in [0, 0.05) is 42.9 Å². The summed E-state index contributed by atoms with van der Waals surface area (Å²) >= 11 is 3.73. The Kier molecular flexibility index (Phi) is 7.00. The first-order valence-electron chi connectivity index (χ1n) is 8.21. The maximum Gasteiger partial charge on any atom is 0.0378 e. The monoisotopic (exact) mass is 353 g/mol. The molecule has 0 atom stereocenters. The maximum absolute atomic E-state index is 3.73. The first-order chi connectivity index (χ1) is 10.2.